The summed E-state index contributed by atoms with van der Waals surface area (Å²) < 4.78 is 21.7. The van der Waals surface area contributed by atoms with Crippen molar-refractivity contribution in [2.45, 2.75) is 6.85 Å². The fourth-order valence-corrected chi connectivity index (χ4v) is 1.72. The number of aromatic hydroxyl groups is 1. The minimum absolute atomic E-state index is 0.0395. The quantitative estimate of drug-likeness (QED) is 0.704. The molecule has 1 aromatic carbocycles. The van der Waals surface area contributed by atoms with Gasteiger partial charge in [-0.15, -0.1) is 0 Å². The Morgan fingerprint density at radius 1 is 1.36 bits per heavy atom. The number of pyridine rings is 1. The Bertz CT molecular complexity index is 598. The van der Waals surface area contributed by atoms with Crippen molar-refractivity contribution in [3.63, 3.8) is 0 Å². The van der Waals surface area contributed by atoms with Crippen molar-refractivity contribution in [1.29, 1.82) is 0 Å². The van der Waals surface area contributed by atoms with Gasteiger partial charge in [0.2, 0.25) is 0 Å². The van der Waals surface area contributed by atoms with E-state index in [9.17, 15) is 5.11 Å². The Balaban J connectivity index is 2.81. The molecular formula is C10H7Cl2NO. The molecular weight excluding hydrogens is 222 g/mol. The Morgan fingerprint density at radius 3 is 2.86 bits per heavy atom. The number of aromatic nitrogens is 1. The summed E-state index contributed by atoms with van der Waals surface area (Å²) in [6.45, 7) is -2.34. The van der Waals surface area contributed by atoms with Gasteiger partial charge in [-0.25, -0.2) is 4.98 Å². The number of aryl methyl sites for hydroxylation is 1. The fraction of sp³-hybridized carbons (Fsp3) is 0.100. The topological polar surface area (TPSA) is 33.1 Å². The van der Waals surface area contributed by atoms with Crippen LogP contribution in [0.2, 0.25) is 10.0 Å². The van der Waals surface area contributed by atoms with Crippen LogP contribution in [0, 0.1) is 6.85 Å². The summed E-state index contributed by atoms with van der Waals surface area (Å²) >= 11 is 11.7. The van der Waals surface area contributed by atoms with E-state index in [4.69, 9.17) is 27.3 Å². The highest BCUT2D eigenvalue weighted by atomic mass is 35.5. The summed E-state index contributed by atoms with van der Waals surface area (Å²) in [6.07, 6.45) is 0. The molecule has 0 aliphatic heterocycles. The van der Waals surface area contributed by atoms with Crippen molar-refractivity contribution < 1.29 is 9.22 Å². The number of phenols is 1. The van der Waals surface area contributed by atoms with Crippen LogP contribution in [0.3, 0.4) is 0 Å². The van der Waals surface area contributed by atoms with E-state index in [2.05, 4.69) is 4.98 Å². The van der Waals surface area contributed by atoms with E-state index >= 15 is 0 Å². The van der Waals surface area contributed by atoms with Gasteiger partial charge in [0, 0.05) is 15.2 Å². The molecule has 0 unspecified atom stereocenters. The van der Waals surface area contributed by atoms with Crippen molar-refractivity contribution in [2.75, 3.05) is 0 Å². The van der Waals surface area contributed by atoms with Crippen LogP contribution in [0.25, 0.3) is 10.9 Å². The first kappa shape index (κ1) is 6.49. The first-order chi connectivity index (χ1) is 7.80. The van der Waals surface area contributed by atoms with Crippen LogP contribution in [0.4, 0.5) is 0 Å². The van der Waals surface area contributed by atoms with Crippen LogP contribution in [-0.2, 0) is 0 Å². The normalized spacial score (nSPS) is 14.9. The third kappa shape index (κ3) is 1.41. The number of hydrogen-bond donors (Lipinski definition) is 1. The Morgan fingerprint density at radius 2 is 2.14 bits per heavy atom. The van der Waals surface area contributed by atoms with Crippen molar-refractivity contribution in [2.24, 2.45) is 0 Å². The smallest absolute Gasteiger partial charge is 0.160 e. The molecule has 1 N–H and O–H groups in total. The molecule has 0 fully saturated rings. The fourth-order valence-electron chi connectivity index (χ4n) is 1.20. The largest absolute Gasteiger partial charge is 0.504 e. The number of phenolic OH excluding ortho intramolecular Hbond substituents is 1. The molecule has 4 heteroatoms. The average Bonchev–Trinajstić information content (AvgIpc) is 2.24. The first-order valence-corrected chi connectivity index (χ1v) is 4.54. The van der Waals surface area contributed by atoms with Crippen LogP contribution < -0.4 is 0 Å². The molecule has 0 atom stereocenters. The lowest BCUT2D eigenvalue weighted by Gasteiger charge is -2.05. The number of hydrogen-bond acceptors (Lipinski definition) is 2. The number of nitrogens with zero attached hydrogens (tertiary/aromatic N) is 1. The van der Waals surface area contributed by atoms with Gasteiger partial charge in [-0.1, -0.05) is 23.2 Å². The van der Waals surface area contributed by atoms with Gasteiger partial charge < -0.3 is 5.11 Å². The van der Waals surface area contributed by atoms with Gasteiger partial charge >= 0.3 is 0 Å². The number of fused-ring (bicyclic) bond motifs is 1. The van der Waals surface area contributed by atoms with Crippen LogP contribution in [0.15, 0.2) is 18.2 Å². The molecule has 2 nitrogen and oxygen atoms in total. The lowest BCUT2D eigenvalue weighted by Crippen LogP contribution is -1.85. The minimum atomic E-state index is -2.34. The predicted molar refractivity (Wildman–Crippen MR) is 58.2 cm³/mol. The molecule has 0 saturated heterocycles. The van der Waals surface area contributed by atoms with E-state index in [0.29, 0.717) is 10.4 Å². The van der Waals surface area contributed by atoms with E-state index in [1.807, 2.05) is 0 Å². The highest BCUT2D eigenvalue weighted by molar-refractivity contribution is 6.39. The van der Waals surface area contributed by atoms with Crippen LogP contribution in [0.5, 0.6) is 5.75 Å². The highest BCUT2D eigenvalue weighted by Crippen LogP contribution is 2.35. The van der Waals surface area contributed by atoms with Gasteiger partial charge in [0.1, 0.15) is 5.52 Å². The van der Waals surface area contributed by atoms with E-state index in [0.717, 1.165) is 0 Å². The number of benzene rings is 1. The van der Waals surface area contributed by atoms with Gasteiger partial charge in [-0.05, 0) is 25.1 Å². The Kier molecular flexibility index (Phi) is 1.53. The zero-order chi connectivity index (χ0) is 12.8. The molecule has 1 aromatic heterocycles. The SMILES string of the molecule is [2H][13C]([2H])([2H])c1ccc2c(Cl)cc(Cl)c(O)c2n1. The molecule has 2 aromatic rings. The van der Waals surface area contributed by atoms with E-state index < -0.39 is 6.85 Å². The summed E-state index contributed by atoms with van der Waals surface area (Å²) in [5, 5.41) is 10.5. The molecule has 0 aliphatic rings. The van der Waals surface area contributed by atoms with Crippen molar-refractivity contribution in [1.82, 2.24) is 4.98 Å². The average molecular weight is 232 g/mol. The van der Waals surface area contributed by atoms with Gasteiger partial charge in [-0.3, -0.25) is 0 Å². The second-order valence-electron chi connectivity index (χ2n) is 2.78. The van der Waals surface area contributed by atoms with Crippen molar-refractivity contribution >= 4 is 34.1 Å². The molecule has 0 radical (unpaired) electrons. The van der Waals surface area contributed by atoms with E-state index in [-0.39, 0.29) is 22.0 Å². The standard InChI is InChI=1S/C10H7Cl2NO/c1-5-2-3-6-7(11)4-8(12)10(14)9(6)13-5/h2-4,14H,1H3/i1+1D3. The Hall–Kier alpha value is -0.990. The second kappa shape index (κ2) is 3.30. The third-order valence-electron chi connectivity index (χ3n) is 1.86. The molecule has 0 aliphatic carbocycles. The van der Waals surface area contributed by atoms with E-state index in [1.165, 1.54) is 18.2 Å². The highest BCUT2D eigenvalue weighted by Gasteiger charge is 2.09. The van der Waals surface area contributed by atoms with E-state index in [1.54, 1.807) is 0 Å². The molecule has 72 valence electrons. The maximum Gasteiger partial charge on any atom is 0.160 e. The molecule has 0 saturated carbocycles. The molecule has 2 rings (SSSR count). The van der Waals surface area contributed by atoms with Gasteiger partial charge in [0.05, 0.1) is 10.0 Å². The van der Waals surface area contributed by atoms with Crippen LogP contribution >= 0.6 is 23.2 Å². The monoisotopic (exact) mass is 231 g/mol. The lowest BCUT2D eigenvalue weighted by molar-refractivity contribution is 0.480. The van der Waals surface area contributed by atoms with Gasteiger partial charge in [0.15, 0.2) is 5.75 Å². The second-order valence-corrected chi connectivity index (χ2v) is 3.60. The van der Waals surface area contributed by atoms with Gasteiger partial charge in [-0.2, -0.15) is 0 Å². The number of halogens is 2. The third-order valence-corrected chi connectivity index (χ3v) is 2.46. The first-order valence-electron chi connectivity index (χ1n) is 5.29. The zero-order valence-electron chi connectivity index (χ0n) is 9.88. The zero-order valence-corrected chi connectivity index (χ0v) is 8.39. The molecule has 0 amide bonds. The summed E-state index contributed by atoms with van der Waals surface area (Å²) in [6, 6.07) is 4.24. The van der Waals surface area contributed by atoms with Crippen LogP contribution in [-0.4, -0.2) is 10.1 Å². The summed E-state index contributed by atoms with van der Waals surface area (Å²) in [4.78, 5) is 3.89. The maximum atomic E-state index is 9.74. The molecule has 14 heavy (non-hydrogen) atoms. The molecule has 1 heterocycles. The summed E-state index contributed by atoms with van der Waals surface area (Å²) in [5.74, 6) is -0.267. The lowest BCUT2D eigenvalue weighted by atomic mass is 10.2. The van der Waals surface area contributed by atoms with Gasteiger partial charge in [0.25, 0.3) is 0 Å². The van der Waals surface area contributed by atoms with Crippen molar-refractivity contribution in [3.8, 4) is 5.75 Å². The molecule has 0 spiro atoms. The summed E-state index contributed by atoms with van der Waals surface area (Å²) in [5.41, 5.74) is -0.0187. The number of rotatable bonds is 0. The summed E-state index contributed by atoms with van der Waals surface area (Å²) in [7, 11) is 0. The predicted octanol–water partition coefficient (Wildman–Crippen LogP) is 3.56. The minimum Gasteiger partial charge on any atom is -0.504 e. The van der Waals surface area contributed by atoms with Crippen molar-refractivity contribution in [3.05, 3.63) is 33.9 Å². The van der Waals surface area contributed by atoms with Crippen LogP contribution in [0.1, 0.15) is 9.81 Å². The maximum absolute atomic E-state index is 9.74. The molecule has 0 bridgehead atoms. The Labute approximate surface area is 95.3 Å².